The maximum atomic E-state index is 14.0. The van der Waals surface area contributed by atoms with Crippen molar-refractivity contribution in [2.75, 3.05) is 0 Å². The second-order valence-electron chi connectivity index (χ2n) is 9.40. The molecule has 1 aliphatic heterocycles. The first-order valence-electron chi connectivity index (χ1n) is 12.3. The van der Waals surface area contributed by atoms with Crippen LogP contribution in [-0.2, 0) is 9.73 Å². The van der Waals surface area contributed by atoms with Crippen molar-refractivity contribution in [3.8, 4) is 11.1 Å². The Morgan fingerprint density at radius 2 is 1.08 bits per heavy atom. The van der Waals surface area contributed by atoms with Crippen molar-refractivity contribution in [1.29, 1.82) is 0 Å². The molecule has 6 aromatic carbocycles. The molecular weight excluding hydrogens is 517 g/mol. The lowest BCUT2D eigenvalue weighted by atomic mass is 9.92. The zero-order valence-electron chi connectivity index (χ0n) is 20.3. The number of amidine groups is 1. The number of alkyl halides is 3. The van der Waals surface area contributed by atoms with Gasteiger partial charge in [0.25, 0.3) is 0 Å². The van der Waals surface area contributed by atoms with E-state index in [1.807, 2.05) is 36.4 Å². The fourth-order valence-corrected chi connectivity index (χ4v) is 6.81. The van der Waals surface area contributed by atoms with Crippen molar-refractivity contribution in [2.24, 2.45) is 9.36 Å². The van der Waals surface area contributed by atoms with E-state index in [4.69, 9.17) is 0 Å². The molecule has 0 aliphatic carbocycles. The van der Waals surface area contributed by atoms with Gasteiger partial charge in [-0.25, -0.2) is 9.20 Å². The Morgan fingerprint density at radius 3 is 1.74 bits per heavy atom. The summed E-state index contributed by atoms with van der Waals surface area (Å²) in [5, 5.41) is 6.82. The lowest BCUT2D eigenvalue weighted by Crippen LogP contribution is -2.26. The highest BCUT2D eigenvalue weighted by atomic mass is 32.2. The van der Waals surface area contributed by atoms with Crippen molar-refractivity contribution in [3.63, 3.8) is 0 Å². The fourth-order valence-electron chi connectivity index (χ4n) is 5.31. The predicted molar refractivity (Wildman–Crippen MR) is 152 cm³/mol. The van der Waals surface area contributed by atoms with Crippen LogP contribution in [0, 0.1) is 0 Å². The highest BCUT2D eigenvalue weighted by molar-refractivity contribution is 7.95. The summed E-state index contributed by atoms with van der Waals surface area (Å²) in [6.07, 6.45) is 0. The molecule has 0 amide bonds. The Kier molecular flexibility index (Phi) is 5.15. The van der Waals surface area contributed by atoms with Crippen LogP contribution in [-0.4, -0.2) is 15.6 Å². The number of hydrogen-bond acceptors (Lipinski definition) is 3. The van der Waals surface area contributed by atoms with Gasteiger partial charge in [-0.05, 0) is 67.7 Å². The first-order chi connectivity index (χ1) is 18.8. The summed E-state index contributed by atoms with van der Waals surface area (Å²) in [6, 6.07) is 35.4. The third-order valence-electron chi connectivity index (χ3n) is 7.12. The Morgan fingerprint density at radius 1 is 0.538 bits per heavy atom. The largest absolute Gasteiger partial charge is 0.484 e. The molecule has 1 aliphatic rings. The smallest absolute Gasteiger partial charge is 0.235 e. The van der Waals surface area contributed by atoms with Crippen molar-refractivity contribution < 1.29 is 17.4 Å². The zero-order valence-corrected chi connectivity index (χ0v) is 21.1. The number of hydrogen-bond donors (Lipinski definition) is 0. The lowest BCUT2D eigenvalue weighted by molar-refractivity contribution is -0.0402. The predicted octanol–water partition coefficient (Wildman–Crippen LogP) is 9.25. The van der Waals surface area contributed by atoms with Crippen molar-refractivity contribution in [2.45, 2.75) is 10.4 Å². The van der Waals surface area contributed by atoms with Crippen molar-refractivity contribution >= 4 is 53.6 Å². The number of halogens is 3. The molecule has 0 N–H and O–H groups in total. The fraction of sp³-hybridized carbons (Fsp3) is 0.0312. The van der Waals surface area contributed by atoms with Gasteiger partial charge in [0.1, 0.15) is 0 Å². The van der Waals surface area contributed by atoms with Gasteiger partial charge in [-0.1, -0.05) is 91.0 Å². The Hall–Kier alpha value is -4.49. The molecule has 1 heterocycles. The molecule has 7 rings (SSSR count). The number of aliphatic imine (C=N–C) groups is 1. The minimum atomic E-state index is -5.04. The van der Waals surface area contributed by atoms with Crippen LogP contribution in [0.3, 0.4) is 0 Å². The summed E-state index contributed by atoms with van der Waals surface area (Å²) in [7, 11) is -4.72. The molecule has 39 heavy (non-hydrogen) atoms. The highest BCUT2D eigenvalue weighted by Crippen LogP contribution is 2.41. The van der Waals surface area contributed by atoms with Crippen LogP contribution < -0.4 is 0 Å². The average Bonchev–Trinajstić information content (AvgIpc) is 2.96. The van der Waals surface area contributed by atoms with E-state index in [-0.39, 0.29) is 11.5 Å². The van der Waals surface area contributed by atoms with E-state index in [0.29, 0.717) is 5.56 Å². The summed E-state index contributed by atoms with van der Waals surface area (Å²) in [4.78, 5) is 3.94. The van der Waals surface area contributed by atoms with Crippen LogP contribution in [0.25, 0.3) is 43.4 Å². The number of benzene rings is 6. The van der Waals surface area contributed by atoms with Gasteiger partial charge in [0.05, 0.1) is 10.6 Å². The summed E-state index contributed by atoms with van der Waals surface area (Å²) in [6.45, 7) is 0. The van der Waals surface area contributed by atoms with Crippen LogP contribution in [0.5, 0.6) is 0 Å². The van der Waals surface area contributed by atoms with Gasteiger partial charge in [0.15, 0.2) is 15.6 Å². The monoisotopic (exact) mass is 536 g/mol. The molecule has 190 valence electrons. The maximum Gasteiger partial charge on any atom is 0.484 e. The maximum absolute atomic E-state index is 14.0. The Bertz CT molecular complexity index is 2090. The normalized spacial score (nSPS) is 17.2. The van der Waals surface area contributed by atoms with E-state index in [0.717, 1.165) is 38.1 Å². The number of nitrogens with zero attached hydrogens (tertiary/aromatic N) is 2. The average molecular weight is 537 g/mol. The van der Waals surface area contributed by atoms with E-state index in [1.165, 1.54) is 23.6 Å². The Labute approximate surface area is 222 Å². The molecule has 0 saturated carbocycles. The number of fused-ring (bicyclic) bond motifs is 7. The van der Waals surface area contributed by atoms with Crippen LogP contribution in [0.2, 0.25) is 0 Å². The highest BCUT2D eigenvalue weighted by Gasteiger charge is 2.47. The van der Waals surface area contributed by atoms with Gasteiger partial charge >= 0.3 is 5.51 Å². The SMILES string of the molecule is O=S1(C(F)(F)F)=NC(c2cccc(-c3ccc4c5ccccc5c5ccccc5c4c3)c2)=Nc2ccccc21. The summed E-state index contributed by atoms with van der Waals surface area (Å²) < 4.78 is 58.9. The van der Waals surface area contributed by atoms with E-state index >= 15 is 0 Å². The van der Waals surface area contributed by atoms with Gasteiger partial charge in [-0.15, -0.1) is 0 Å². The molecule has 3 nitrogen and oxygen atoms in total. The first-order valence-corrected chi connectivity index (χ1v) is 13.8. The van der Waals surface area contributed by atoms with Gasteiger partial charge in [0.2, 0.25) is 0 Å². The van der Waals surface area contributed by atoms with Gasteiger partial charge in [-0.2, -0.15) is 17.5 Å². The molecular formula is C32H19F3N2OS. The number of rotatable bonds is 2. The first kappa shape index (κ1) is 23.6. The van der Waals surface area contributed by atoms with Crippen LogP contribution in [0.1, 0.15) is 5.56 Å². The molecule has 0 spiro atoms. The van der Waals surface area contributed by atoms with Gasteiger partial charge in [0, 0.05) is 5.56 Å². The molecule has 0 radical (unpaired) electrons. The molecule has 6 aromatic rings. The van der Waals surface area contributed by atoms with Crippen LogP contribution in [0.15, 0.2) is 130 Å². The topological polar surface area (TPSA) is 41.8 Å². The molecule has 0 aromatic heterocycles. The van der Waals surface area contributed by atoms with E-state index in [9.17, 15) is 17.4 Å². The Balaban J connectivity index is 1.42. The molecule has 0 saturated heterocycles. The van der Waals surface area contributed by atoms with Crippen LogP contribution >= 0.6 is 0 Å². The van der Waals surface area contributed by atoms with Crippen molar-refractivity contribution in [1.82, 2.24) is 0 Å². The molecule has 1 atom stereocenters. The second kappa shape index (κ2) is 8.51. The van der Waals surface area contributed by atoms with Gasteiger partial charge in [-0.3, -0.25) is 0 Å². The quantitative estimate of drug-likeness (QED) is 0.203. The van der Waals surface area contributed by atoms with Gasteiger partial charge < -0.3 is 0 Å². The minimum Gasteiger partial charge on any atom is -0.235 e. The second-order valence-corrected chi connectivity index (χ2v) is 11.5. The summed E-state index contributed by atoms with van der Waals surface area (Å²) in [5.41, 5.74) is -2.97. The van der Waals surface area contributed by atoms with E-state index < -0.39 is 20.1 Å². The summed E-state index contributed by atoms with van der Waals surface area (Å²) in [5.74, 6) is -0.199. The third-order valence-corrected chi connectivity index (χ3v) is 9.12. The van der Waals surface area contributed by atoms with E-state index in [1.54, 1.807) is 24.3 Å². The van der Waals surface area contributed by atoms with E-state index in [2.05, 4.69) is 45.8 Å². The number of para-hydroxylation sites is 1. The standard InChI is InChI=1S/C32H19F3N2OS/c33-32(34,35)39(38)30-15-6-5-14-29(30)36-31(37-39)22-9-7-8-20(18-22)21-16-17-27-25-12-2-1-10-23(25)24-11-3-4-13-26(24)28(27)19-21/h1-19H. The lowest BCUT2D eigenvalue weighted by Gasteiger charge is -2.20. The summed E-state index contributed by atoms with van der Waals surface area (Å²) >= 11 is 0. The molecule has 7 heteroatoms. The van der Waals surface area contributed by atoms with Crippen LogP contribution in [0.4, 0.5) is 18.9 Å². The minimum absolute atomic E-state index is 0.0132. The van der Waals surface area contributed by atoms with Crippen molar-refractivity contribution in [3.05, 3.63) is 121 Å². The zero-order chi connectivity index (χ0) is 26.8. The molecule has 1 unspecified atom stereocenters. The molecule has 0 bridgehead atoms. The third kappa shape index (κ3) is 3.65. The molecule has 0 fully saturated rings.